The molecule has 2 aromatic carbocycles. The van der Waals surface area contributed by atoms with Gasteiger partial charge in [0.1, 0.15) is 12.8 Å². The second-order valence-electron chi connectivity index (χ2n) is 4.55. The molecule has 0 aliphatic heterocycles. The first-order valence-electron chi connectivity index (χ1n) is 6.49. The topological polar surface area (TPSA) is 21.6 Å². The van der Waals surface area contributed by atoms with Crippen molar-refractivity contribution in [3.63, 3.8) is 0 Å². The predicted octanol–water partition coefficient (Wildman–Crippen LogP) is 5.07. The molecular formula is C16H11F5NO. The van der Waals surface area contributed by atoms with Gasteiger partial charge in [-0.2, -0.15) is 13.2 Å². The van der Waals surface area contributed by atoms with Crippen LogP contribution in [0.1, 0.15) is 28.7 Å². The standard InChI is InChI=1S/C16H11F5NO/c17-15(18)12-7-5-11(6-8-12)9-22-23-10-13-3-1-2-4-14(13)16(19,20)21/h1-8,15H,10H2. The van der Waals surface area contributed by atoms with Crippen molar-refractivity contribution in [3.05, 3.63) is 70.8 Å². The van der Waals surface area contributed by atoms with Crippen LogP contribution in [0.25, 0.3) is 0 Å². The highest BCUT2D eigenvalue weighted by Gasteiger charge is 2.32. The van der Waals surface area contributed by atoms with Crippen LogP contribution in [0.3, 0.4) is 0 Å². The van der Waals surface area contributed by atoms with Crippen LogP contribution in [0.4, 0.5) is 22.0 Å². The Morgan fingerprint density at radius 3 is 2.26 bits per heavy atom. The van der Waals surface area contributed by atoms with Crippen molar-refractivity contribution in [1.82, 2.24) is 0 Å². The summed E-state index contributed by atoms with van der Waals surface area (Å²) in [5, 5.41) is 3.43. The molecule has 0 aromatic heterocycles. The van der Waals surface area contributed by atoms with Crippen LogP contribution < -0.4 is 0 Å². The number of alkyl halides is 5. The summed E-state index contributed by atoms with van der Waals surface area (Å²) in [4.78, 5) is 4.80. The van der Waals surface area contributed by atoms with Gasteiger partial charge < -0.3 is 4.84 Å². The SMILES string of the molecule is FC(F)c1ccc(/[C]=N\OCc2ccccc2C(F)(F)F)cc1. The number of hydrogen-bond donors (Lipinski definition) is 0. The van der Waals surface area contributed by atoms with Gasteiger partial charge in [-0.25, -0.2) is 8.78 Å². The first-order valence-corrected chi connectivity index (χ1v) is 6.49. The Morgan fingerprint density at radius 2 is 1.65 bits per heavy atom. The highest BCUT2D eigenvalue weighted by Crippen LogP contribution is 2.32. The molecule has 0 amide bonds. The fourth-order valence-electron chi connectivity index (χ4n) is 1.81. The summed E-state index contributed by atoms with van der Waals surface area (Å²) in [6, 6.07) is 10.1. The second kappa shape index (κ2) is 7.21. The minimum atomic E-state index is -4.47. The summed E-state index contributed by atoms with van der Waals surface area (Å²) in [6.45, 7) is -0.377. The van der Waals surface area contributed by atoms with Crippen molar-refractivity contribution in [2.45, 2.75) is 19.2 Å². The highest BCUT2D eigenvalue weighted by atomic mass is 19.4. The van der Waals surface area contributed by atoms with E-state index >= 15 is 0 Å². The van der Waals surface area contributed by atoms with Gasteiger partial charge in [0.2, 0.25) is 0 Å². The third kappa shape index (κ3) is 4.77. The Bertz CT molecular complexity index is 665. The van der Waals surface area contributed by atoms with Gasteiger partial charge in [-0.05, 0) is 6.07 Å². The molecule has 0 heterocycles. The summed E-state index contributed by atoms with van der Waals surface area (Å²) < 4.78 is 63.0. The fraction of sp³-hybridized carbons (Fsp3) is 0.188. The van der Waals surface area contributed by atoms with Gasteiger partial charge in [0.25, 0.3) is 6.43 Å². The molecule has 121 valence electrons. The van der Waals surface area contributed by atoms with Gasteiger partial charge in [0, 0.05) is 16.7 Å². The molecule has 0 spiro atoms. The second-order valence-corrected chi connectivity index (χ2v) is 4.55. The Labute approximate surface area is 129 Å². The molecule has 0 saturated carbocycles. The maximum atomic E-state index is 12.8. The van der Waals surface area contributed by atoms with E-state index < -0.39 is 18.2 Å². The van der Waals surface area contributed by atoms with E-state index in [2.05, 4.69) is 11.4 Å². The smallest absolute Gasteiger partial charge is 0.390 e. The summed E-state index contributed by atoms with van der Waals surface area (Å²) in [5.74, 6) is 0. The molecule has 0 unspecified atom stereocenters. The van der Waals surface area contributed by atoms with Gasteiger partial charge in [0.15, 0.2) is 0 Å². The number of hydrogen-bond acceptors (Lipinski definition) is 2. The van der Waals surface area contributed by atoms with E-state index in [0.29, 0.717) is 5.56 Å². The molecule has 0 bridgehead atoms. The molecule has 1 radical (unpaired) electrons. The van der Waals surface area contributed by atoms with Crippen LogP contribution in [0, 0.1) is 0 Å². The zero-order valence-electron chi connectivity index (χ0n) is 11.6. The molecule has 23 heavy (non-hydrogen) atoms. The van der Waals surface area contributed by atoms with E-state index in [1.165, 1.54) is 42.5 Å². The van der Waals surface area contributed by atoms with Crippen LogP contribution in [0.15, 0.2) is 53.7 Å². The minimum Gasteiger partial charge on any atom is -0.390 e. The van der Waals surface area contributed by atoms with Crippen molar-refractivity contribution in [3.8, 4) is 0 Å². The van der Waals surface area contributed by atoms with Crippen LogP contribution in [-0.4, -0.2) is 6.21 Å². The first-order chi connectivity index (χ1) is 10.9. The van der Waals surface area contributed by atoms with E-state index in [9.17, 15) is 22.0 Å². The van der Waals surface area contributed by atoms with E-state index in [4.69, 9.17) is 4.84 Å². The van der Waals surface area contributed by atoms with Crippen molar-refractivity contribution < 1.29 is 26.8 Å². The normalized spacial score (nSPS) is 12.1. The molecule has 2 rings (SSSR count). The minimum absolute atomic E-state index is 0.0569. The van der Waals surface area contributed by atoms with Crippen LogP contribution >= 0.6 is 0 Å². The van der Waals surface area contributed by atoms with Gasteiger partial charge in [-0.15, -0.1) is 0 Å². The largest absolute Gasteiger partial charge is 0.416 e. The lowest BCUT2D eigenvalue weighted by Gasteiger charge is -2.11. The van der Waals surface area contributed by atoms with E-state index in [1.807, 2.05) is 0 Å². The van der Waals surface area contributed by atoms with Crippen molar-refractivity contribution in [2.75, 3.05) is 0 Å². The zero-order valence-corrected chi connectivity index (χ0v) is 11.6. The highest BCUT2D eigenvalue weighted by molar-refractivity contribution is 5.79. The maximum Gasteiger partial charge on any atom is 0.416 e. The van der Waals surface area contributed by atoms with Crippen LogP contribution in [0.5, 0.6) is 0 Å². The number of rotatable bonds is 5. The quantitative estimate of drug-likeness (QED) is 0.426. The lowest BCUT2D eigenvalue weighted by Crippen LogP contribution is -2.09. The van der Waals surface area contributed by atoms with E-state index in [-0.39, 0.29) is 17.7 Å². The molecule has 0 aliphatic rings. The predicted molar refractivity (Wildman–Crippen MR) is 74.2 cm³/mol. The summed E-state index contributed by atoms with van der Waals surface area (Å²) in [7, 11) is 0. The number of nitrogens with zero attached hydrogens (tertiary/aromatic N) is 1. The summed E-state index contributed by atoms with van der Waals surface area (Å²) in [6.07, 6.45) is -4.63. The molecule has 2 aromatic rings. The van der Waals surface area contributed by atoms with Crippen LogP contribution in [0.2, 0.25) is 0 Å². The average Bonchev–Trinajstić information content (AvgIpc) is 2.51. The third-order valence-corrected chi connectivity index (χ3v) is 2.94. The molecule has 2 nitrogen and oxygen atoms in total. The van der Waals surface area contributed by atoms with Gasteiger partial charge in [-0.1, -0.05) is 47.6 Å². The van der Waals surface area contributed by atoms with Crippen molar-refractivity contribution >= 4 is 6.21 Å². The van der Waals surface area contributed by atoms with E-state index in [0.717, 1.165) is 6.07 Å². The van der Waals surface area contributed by atoms with E-state index in [1.54, 1.807) is 0 Å². The molecule has 0 N–H and O–H groups in total. The lowest BCUT2D eigenvalue weighted by atomic mass is 10.1. The van der Waals surface area contributed by atoms with Crippen LogP contribution in [-0.2, 0) is 17.6 Å². The fourth-order valence-corrected chi connectivity index (χ4v) is 1.81. The lowest BCUT2D eigenvalue weighted by molar-refractivity contribution is -0.138. The summed E-state index contributed by atoms with van der Waals surface area (Å²) in [5.41, 5.74) is -0.621. The van der Waals surface area contributed by atoms with Gasteiger partial charge >= 0.3 is 6.18 Å². The Hall–Kier alpha value is -2.44. The Balaban J connectivity index is 1.97. The van der Waals surface area contributed by atoms with Gasteiger partial charge in [-0.3, -0.25) is 0 Å². The Morgan fingerprint density at radius 1 is 1.00 bits per heavy atom. The molecular weight excluding hydrogens is 317 g/mol. The third-order valence-electron chi connectivity index (χ3n) is 2.94. The van der Waals surface area contributed by atoms with Crippen molar-refractivity contribution in [1.29, 1.82) is 0 Å². The Kier molecular flexibility index (Phi) is 5.31. The maximum absolute atomic E-state index is 12.8. The average molecular weight is 328 g/mol. The molecule has 0 aliphatic carbocycles. The van der Waals surface area contributed by atoms with Gasteiger partial charge in [0.05, 0.1) is 5.56 Å². The molecule has 0 atom stereocenters. The summed E-state index contributed by atoms with van der Waals surface area (Å²) >= 11 is 0. The zero-order chi connectivity index (χ0) is 16.9. The number of halogens is 5. The van der Waals surface area contributed by atoms with Crippen molar-refractivity contribution in [2.24, 2.45) is 5.16 Å². The molecule has 7 heteroatoms. The number of benzene rings is 2. The molecule has 0 fully saturated rings. The first kappa shape index (κ1) is 16.9. The molecule has 0 saturated heterocycles. The monoisotopic (exact) mass is 328 g/mol.